The molecule has 2 rings (SSSR count). The van der Waals surface area contributed by atoms with Crippen molar-refractivity contribution in [2.24, 2.45) is 10.9 Å². The molecule has 0 aromatic heterocycles. The number of carbonyl (C=O) groups is 1. The molecule has 1 aromatic carbocycles. The Balaban J connectivity index is 1.87. The smallest absolute Gasteiger partial charge is 0.238 e. The highest BCUT2D eigenvalue weighted by Crippen LogP contribution is 2.23. The Morgan fingerprint density at radius 3 is 2.35 bits per heavy atom. The fourth-order valence-electron chi connectivity index (χ4n) is 2.87. The number of primary amides is 1. The standard InChI is InChI=1S/C15H23N3O4S/c16-15(19)11-18(12-3-1-2-4-12)9-10-22-13-5-7-14(8-6-13)23(17,20)21/h5-8,12H,1-4,9-11H2,(H2,16,19)(H2,17,20,21). The van der Waals surface area contributed by atoms with Gasteiger partial charge in [-0.05, 0) is 37.1 Å². The van der Waals surface area contributed by atoms with E-state index in [0.717, 1.165) is 12.8 Å². The van der Waals surface area contributed by atoms with Crippen LogP contribution in [0.25, 0.3) is 0 Å². The summed E-state index contributed by atoms with van der Waals surface area (Å²) < 4.78 is 28.0. The van der Waals surface area contributed by atoms with Gasteiger partial charge in [-0.15, -0.1) is 0 Å². The zero-order valence-electron chi connectivity index (χ0n) is 13.0. The van der Waals surface area contributed by atoms with E-state index < -0.39 is 10.0 Å². The van der Waals surface area contributed by atoms with Gasteiger partial charge in [0.25, 0.3) is 0 Å². The molecule has 0 unspecified atom stereocenters. The van der Waals surface area contributed by atoms with Gasteiger partial charge in [-0.25, -0.2) is 13.6 Å². The van der Waals surface area contributed by atoms with E-state index in [-0.39, 0.29) is 17.3 Å². The summed E-state index contributed by atoms with van der Waals surface area (Å²) in [6, 6.07) is 6.32. The lowest BCUT2D eigenvalue weighted by atomic mass is 10.2. The third kappa shape index (κ3) is 5.49. The molecule has 0 aliphatic heterocycles. The molecule has 1 fully saturated rings. The predicted molar refractivity (Wildman–Crippen MR) is 86.3 cm³/mol. The third-order valence-electron chi connectivity index (χ3n) is 4.00. The van der Waals surface area contributed by atoms with Crippen molar-refractivity contribution in [3.8, 4) is 5.75 Å². The minimum absolute atomic E-state index is 0.0474. The first-order chi connectivity index (χ1) is 10.9. The summed E-state index contributed by atoms with van der Waals surface area (Å²) >= 11 is 0. The van der Waals surface area contributed by atoms with E-state index >= 15 is 0 Å². The number of rotatable bonds is 8. The van der Waals surface area contributed by atoms with Crippen LogP contribution in [0.5, 0.6) is 5.75 Å². The average Bonchev–Trinajstić information content (AvgIpc) is 2.99. The molecule has 0 radical (unpaired) electrons. The van der Waals surface area contributed by atoms with E-state index in [2.05, 4.69) is 4.90 Å². The van der Waals surface area contributed by atoms with Crippen LogP contribution in [0.4, 0.5) is 0 Å². The summed E-state index contributed by atoms with van der Waals surface area (Å²) in [6.45, 7) is 1.24. The van der Waals surface area contributed by atoms with Gasteiger partial charge in [0.1, 0.15) is 12.4 Å². The van der Waals surface area contributed by atoms with Crippen molar-refractivity contribution in [1.82, 2.24) is 4.90 Å². The monoisotopic (exact) mass is 341 g/mol. The van der Waals surface area contributed by atoms with Crippen LogP contribution in [0.1, 0.15) is 25.7 Å². The van der Waals surface area contributed by atoms with Crippen molar-refractivity contribution >= 4 is 15.9 Å². The molecule has 1 aromatic rings. The first kappa shape index (κ1) is 17.7. The normalized spacial score (nSPS) is 15.9. The highest BCUT2D eigenvalue weighted by Gasteiger charge is 2.23. The van der Waals surface area contributed by atoms with Crippen molar-refractivity contribution in [2.45, 2.75) is 36.6 Å². The molecule has 1 aliphatic carbocycles. The molecule has 0 heterocycles. The second kappa shape index (κ2) is 7.76. The van der Waals surface area contributed by atoms with Gasteiger partial charge < -0.3 is 10.5 Å². The molecular formula is C15H23N3O4S. The van der Waals surface area contributed by atoms with E-state index in [9.17, 15) is 13.2 Å². The van der Waals surface area contributed by atoms with Gasteiger partial charge in [0.15, 0.2) is 0 Å². The molecule has 0 saturated heterocycles. The largest absolute Gasteiger partial charge is 0.492 e. The van der Waals surface area contributed by atoms with Crippen LogP contribution in [-0.2, 0) is 14.8 Å². The Morgan fingerprint density at radius 1 is 1.22 bits per heavy atom. The van der Waals surface area contributed by atoms with Crippen molar-refractivity contribution in [3.63, 3.8) is 0 Å². The van der Waals surface area contributed by atoms with E-state index in [0.29, 0.717) is 24.9 Å². The summed E-state index contributed by atoms with van der Waals surface area (Å²) in [4.78, 5) is 13.3. The second-order valence-electron chi connectivity index (χ2n) is 5.74. The van der Waals surface area contributed by atoms with E-state index in [4.69, 9.17) is 15.6 Å². The van der Waals surface area contributed by atoms with Gasteiger partial charge >= 0.3 is 0 Å². The lowest BCUT2D eigenvalue weighted by Gasteiger charge is -2.27. The fraction of sp³-hybridized carbons (Fsp3) is 0.533. The maximum atomic E-state index is 11.2. The number of benzene rings is 1. The fourth-order valence-corrected chi connectivity index (χ4v) is 3.38. The quantitative estimate of drug-likeness (QED) is 0.712. The SMILES string of the molecule is NC(=O)CN(CCOc1ccc(S(N)(=O)=O)cc1)C1CCCC1. The number of carbonyl (C=O) groups excluding carboxylic acids is 1. The molecule has 0 bridgehead atoms. The lowest BCUT2D eigenvalue weighted by molar-refractivity contribution is -0.119. The number of hydrogen-bond donors (Lipinski definition) is 2. The van der Waals surface area contributed by atoms with Crippen molar-refractivity contribution in [3.05, 3.63) is 24.3 Å². The number of sulfonamides is 1. The summed E-state index contributed by atoms with van der Waals surface area (Å²) in [5, 5.41) is 5.04. The first-order valence-corrected chi connectivity index (χ1v) is 9.19. The van der Waals surface area contributed by atoms with Gasteiger partial charge in [-0.1, -0.05) is 12.8 Å². The summed E-state index contributed by atoms with van der Waals surface area (Å²) in [5.41, 5.74) is 5.31. The molecule has 7 nitrogen and oxygen atoms in total. The summed E-state index contributed by atoms with van der Waals surface area (Å²) in [7, 11) is -3.69. The predicted octanol–water partition coefficient (Wildman–Crippen LogP) is 0.443. The van der Waals surface area contributed by atoms with Crippen molar-refractivity contribution in [2.75, 3.05) is 19.7 Å². The Labute approximate surface area is 136 Å². The van der Waals surface area contributed by atoms with E-state index in [1.165, 1.54) is 25.0 Å². The number of ether oxygens (including phenoxy) is 1. The van der Waals surface area contributed by atoms with Gasteiger partial charge in [0.05, 0.1) is 11.4 Å². The highest BCUT2D eigenvalue weighted by molar-refractivity contribution is 7.89. The number of amides is 1. The van der Waals surface area contributed by atoms with Crippen LogP contribution >= 0.6 is 0 Å². The minimum Gasteiger partial charge on any atom is -0.492 e. The number of primary sulfonamides is 1. The van der Waals surface area contributed by atoms with Crippen LogP contribution < -0.4 is 15.6 Å². The van der Waals surface area contributed by atoms with Gasteiger partial charge in [-0.2, -0.15) is 0 Å². The molecule has 0 spiro atoms. The van der Waals surface area contributed by atoms with E-state index in [1.807, 2.05) is 0 Å². The summed E-state index contributed by atoms with van der Waals surface area (Å²) in [6.07, 6.45) is 4.51. The highest BCUT2D eigenvalue weighted by atomic mass is 32.2. The van der Waals surface area contributed by atoms with Crippen LogP contribution in [0, 0.1) is 0 Å². The molecule has 4 N–H and O–H groups in total. The van der Waals surface area contributed by atoms with Crippen molar-refractivity contribution < 1.29 is 17.9 Å². The minimum atomic E-state index is -3.69. The van der Waals surface area contributed by atoms with Crippen LogP contribution in [-0.4, -0.2) is 45.0 Å². The first-order valence-electron chi connectivity index (χ1n) is 7.64. The van der Waals surface area contributed by atoms with E-state index in [1.54, 1.807) is 12.1 Å². The zero-order chi connectivity index (χ0) is 16.9. The van der Waals surface area contributed by atoms with Gasteiger partial charge in [-0.3, -0.25) is 9.69 Å². The maximum absolute atomic E-state index is 11.2. The van der Waals surface area contributed by atoms with Crippen molar-refractivity contribution in [1.29, 1.82) is 0 Å². The average molecular weight is 341 g/mol. The second-order valence-corrected chi connectivity index (χ2v) is 7.30. The maximum Gasteiger partial charge on any atom is 0.238 e. The van der Waals surface area contributed by atoms with Gasteiger partial charge in [0.2, 0.25) is 15.9 Å². The zero-order valence-corrected chi connectivity index (χ0v) is 13.8. The molecule has 0 atom stereocenters. The Bertz CT molecular complexity index is 625. The van der Waals surface area contributed by atoms with Crippen LogP contribution in [0.2, 0.25) is 0 Å². The molecule has 1 amide bonds. The number of nitrogens with two attached hydrogens (primary N) is 2. The molecule has 23 heavy (non-hydrogen) atoms. The van der Waals surface area contributed by atoms with Crippen LogP contribution in [0.15, 0.2) is 29.2 Å². The Morgan fingerprint density at radius 2 is 1.83 bits per heavy atom. The third-order valence-corrected chi connectivity index (χ3v) is 4.93. The Kier molecular flexibility index (Phi) is 5.97. The molecule has 1 aliphatic rings. The number of nitrogens with zero attached hydrogens (tertiary/aromatic N) is 1. The Hall–Kier alpha value is -1.64. The summed E-state index contributed by atoms with van der Waals surface area (Å²) in [5.74, 6) is 0.220. The molecule has 8 heteroatoms. The molecule has 128 valence electrons. The van der Waals surface area contributed by atoms with Crippen LogP contribution in [0.3, 0.4) is 0 Å². The number of hydrogen-bond acceptors (Lipinski definition) is 5. The lowest BCUT2D eigenvalue weighted by Crippen LogP contribution is -2.42. The molecular weight excluding hydrogens is 318 g/mol. The van der Waals surface area contributed by atoms with Gasteiger partial charge in [0, 0.05) is 12.6 Å². The topological polar surface area (TPSA) is 116 Å². The molecule has 1 saturated carbocycles.